The van der Waals surface area contributed by atoms with Crippen molar-refractivity contribution >= 4 is 5.96 Å². The summed E-state index contributed by atoms with van der Waals surface area (Å²) in [6.07, 6.45) is 9.61. The van der Waals surface area contributed by atoms with Crippen LogP contribution in [0.1, 0.15) is 49.8 Å². The third kappa shape index (κ3) is 4.37. The van der Waals surface area contributed by atoms with Crippen LogP contribution >= 0.6 is 0 Å². The molecule has 1 aromatic carbocycles. The van der Waals surface area contributed by atoms with E-state index in [0.29, 0.717) is 18.5 Å². The van der Waals surface area contributed by atoms with E-state index in [4.69, 9.17) is 5.73 Å². The molecule has 1 saturated carbocycles. The highest BCUT2D eigenvalue weighted by molar-refractivity contribution is 5.78. The van der Waals surface area contributed by atoms with E-state index in [1.165, 1.54) is 38.5 Å². The number of hydrogen-bond donors (Lipinski definition) is 2. The van der Waals surface area contributed by atoms with E-state index < -0.39 is 0 Å². The first-order valence-corrected chi connectivity index (χ1v) is 8.89. The molecular weight excluding hydrogens is 298 g/mol. The summed E-state index contributed by atoms with van der Waals surface area (Å²) in [6, 6.07) is 10.7. The molecule has 0 amide bonds. The molecule has 0 saturated heterocycles. The standard InChI is InChI=1S/C19H27N5/c1-15-12-13-24(23-15)18-11-7-6-8-16(18)14-21-19(20)22-17-9-4-2-3-5-10-17/h6-8,11-13,17H,2-5,9-10,14H2,1H3,(H3,20,21,22). The Morgan fingerprint density at radius 3 is 2.67 bits per heavy atom. The second kappa shape index (κ2) is 7.99. The van der Waals surface area contributed by atoms with E-state index in [9.17, 15) is 0 Å². The number of para-hydroxylation sites is 1. The number of nitrogens with zero attached hydrogens (tertiary/aromatic N) is 3. The van der Waals surface area contributed by atoms with Gasteiger partial charge in [-0.15, -0.1) is 0 Å². The van der Waals surface area contributed by atoms with E-state index in [-0.39, 0.29) is 0 Å². The smallest absolute Gasteiger partial charge is 0.189 e. The third-order valence-electron chi connectivity index (χ3n) is 4.59. The maximum Gasteiger partial charge on any atom is 0.189 e. The van der Waals surface area contributed by atoms with Crippen molar-refractivity contribution in [1.29, 1.82) is 0 Å². The van der Waals surface area contributed by atoms with Crippen LogP contribution in [-0.2, 0) is 6.54 Å². The van der Waals surface area contributed by atoms with Gasteiger partial charge in [-0.05, 0) is 37.5 Å². The maximum atomic E-state index is 6.11. The summed E-state index contributed by atoms with van der Waals surface area (Å²) in [5.41, 5.74) is 9.28. The summed E-state index contributed by atoms with van der Waals surface area (Å²) in [5.74, 6) is 0.549. The largest absolute Gasteiger partial charge is 0.370 e. The van der Waals surface area contributed by atoms with Crippen molar-refractivity contribution in [1.82, 2.24) is 15.1 Å². The number of nitrogens with two attached hydrogens (primary N) is 1. The van der Waals surface area contributed by atoms with Crippen LogP contribution in [0, 0.1) is 6.92 Å². The third-order valence-corrected chi connectivity index (χ3v) is 4.59. The maximum absolute atomic E-state index is 6.11. The Bertz CT molecular complexity index is 681. The molecule has 1 aliphatic carbocycles. The summed E-state index contributed by atoms with van der Waals surface area (Å²) in [7, 11) is 0. The molecule has 5 heteroatoms. The zero-order valence-electron chi connectivity index (χ0n) is 14.4. The van der Waals surface area contributed by atoms with Crippen molar-refractivity contribution in [2.24, 2.45) is 10.7 Å². The van der Waals surface area contributed by atoms with Gasteiger partial charge in [0.2, 0.25) is 0 Å². The molecule has 0 bridgehead atoms. The van der Waals surface area contributed by atoms with Crippen molar-refractivity contribution in [3.05, 3.63) is 47.8 Å². The highest BCUT2D eigenvalue weighted by atomic mass is 15.3. The monoisotopic (exact) mass is 325 g/mol. The molecule has 3 rings (SSSR count). The molecule has 128 valence electrons. The molecule has 0 atom stereocenters. The number of nitrogens with one attached hydrogen (secondary N) is 1. The molecule has 0 aliphatic heterocycles. The first-order chi connectivity index (χ1) is 11.7. The quantitative estimate of drug-likeness (QED) is 0.515. The molecular formula is C19H27N5. The van der Waals surface area contributed by atoms with Crippen LogP contribution in [0.15, 0.2) is 41.5 Å². The Morgan fingerprint density at radius 2 is 1.96 bits per heavy atom. The van der Waals surface area contributed by atoms with Crippen LogP contribution in [0.25, 0.3) is 5.69 Å². The Hall–Kier alpha value is -2.30. The minimum absolute atomic E-state index is 0.472. The minimum Gasteiger partial charge on any atom is -0.370 e. The van der Waals surface area contributed by atoms with Gasteiger partial charge >= 0.3 is 0 Å². The number of aliphatic imine (C=N–C) groups is 1. The summed E-state index contributed by atoms with van der Waals surface area (Å²) < 4.78 is 1.90. The van der Waals surface area contributed by atoms with Crippen molar-refractivity contribution in [2.45, 2.75) is 58.0 Å². The van der Waals surface area contributed by atoms with Gasteiger partial charge in [-0.1, -0.05) is 43.9 Å². The molecule has 1 heterocycles. The van der Waals surface area contributed by atoms with Gasteiger partial charge < -0.3 is 11.1 Å². The van der Waals surface area contributed by atoms with Crippen LogP contribution in [0.2, 0.25) is 0 Å². The number of aryl methyl sites for hydroxylation is 1. The lowest BCUT2D eigenvalue weighted by molar-refractivity contribution is 0.530. The van der Waals surface area contributed by atoms with Gasteiger partial charge in [0.1, 0.15) is 0 Å². The number of rotatable bonds is 4. The fraction of sp³-hybridized carbons (Fsp3) is 0.474. The first kappa shape index (κ1) is 16.6. The van der Waals surface area contributed by atoms with E-state index in [0.717, 1.165) is 16.9 Å². The molecule has 2 aromatic rings. The summed E-state index contributed by atoms with van der Waals surface area (Å²) in [5, 5.41) is 7.89. The Morgan fingerprint density at radius 1 is 1.21 bits per heavy atom. The molecule has 5 nitrogen and oxygen atoms in total. The summed E-state index contributed by atoms with van der Waals surface area (Å²) >= 11 is 0. The molecule has 1 fully saturated rings. The second-order valence-corrected chi connectivity index (χ2v) is 6.56. The van der Waals surface area contributed by atoms with Crippen molar-refractivity contribution < 1.29 is 0 Å². The van der Waals surface area contributed by atoms with Gasteiger partial charge in [0.25, 0.3) is 0 Å². The SMILES string of the molecule is Cc1ccn(-c2ccccc2CN=C(N)NC2CCCCCC2)n1. The van der Waals surface area contributed by atoms with Crippen LogP contribution in [-0.4, -0.2) is 21.8 Å². The fourth-order valence-electron chi connectivity index (χ4n) is 3.27. The molecule has 1 aromatic heterocycles. The van der Waals surface area contributed by atoms with Gasteiger partial charge in [0.05, 0.1) is 17.9 Å². The predicted octanol–water partition coefficient (Wildman–Crippen LogP) is 3.31. The van der Waals surface area contributed by atoms with Gasteiger partial charge in [0.15, 0.2) is 5.96 Å². The zero-order valence-corrected chi connectivity index (χ0v) is 14.4. The van der Waals surface area contributed by atoms with Crippen molar-refractivity contribution in [3.63, 3.8) is 0 Å². The number of guanidine groups is 1. The van der Waals surface area contributed by atoms with Crippen molar-refractivity contribution in [2.75, 3.05) is 0 Å². The molecule has 1 aliphatic rings. The normalized spacial score (nSPS) is 16.8. The van der Waals surface area contributed by atoms with E-state index in [1.807, 2.05) is 36.0 Å². The summed E-state index contributed by atoms with van der Waals surface area (Å²) in [6.45, 7) is 2.55. The van der Waals surface area contributed by atoms with E-state index in [2.05, 4.69) is 27.5 Å². The molecule has 3 N–H and O–H groups in total. The average Bonchev–Trinajstić information content (AvgIpc) is 2.86. The van der Waals surface area contributed by atoms with Crippen LogP contribution < -0.4 is 11.1 Å². The van der Waals surface area contributed by atoms with Gasteiger partial charge in [-0.25, -0.2) is 9.67 Å². The molecule has 24 heavy (non-hydrogen) atoms. The molecule has 0 radical (unpaired) electrons. The van der Waals surface area contributed by atoms with Crippen LogP contribution in [0.4, 0.5) is 0 Å². The highest BCUT2D eigenvalue weighted by Gasteiger charge is 2.12. The van der Waals surface area contributed by atoms with E-state index in [1.54, 1.807) is 0 Å². The van der Waals surface area contributed by atoms with Gasteiger partial charge in [0, 0.05) is 12.2 Å². The lowest BCUT2D eigenvalue weighted by atomic mass is 10.1. The summed E-state index contributed by atoms with van der Waals surface area (Å²) in [4.78, 5) is 4.55. The Kier molecular flexibility index (Phi) is 5.51. The average molecular weight is 325 g/mol. The molecule has 0 unspecified atom stereocenters. The first-order valence-electron chi connectivity index (χ1n) is 8.89. The molecule has 0 spiro atoms. The topological polar surface area (TPSA) is 68.2 Å². The predicted molar refractivity (Wildman–Crippen MR) is 98.3 cm³/mol. The number of aromatic nitrogens is 2. The highest BCUT2D eigenvalue weighted by Crippen LogP contribution is 2.17. The lowest BCUT2D eigenvalue weighted by Gasteiger charge is -2.17. The minimum atomic E-state index is 0.472. The fourth-order valence-corrected chi connectivity index (χ4v) is 3.27. The lowest BCUT2D eigenvalue weighted by Crippen LogP contribution is -2.39. The zero-order chi connectivity index (χ0) is 16.8. The van der Waals surface area contributed by atoms with Crippen LogP contribution in [0.5, 0.6) is 0 Å². The Labute approximate surface area is 144 Å². The van der Waals surface area contributed by atoms with Crippen molar-refractivity contribution in [3.8, 4) is 5.69 Å². The van der Waals surface area contributed by atoms with E-state index >= 15 is 0 Å². The van der Waals surface area contributed by atoms with Crippen LogP contribution in [0.3, 0.4) is 0 Å². The Balaban J connectivity index is 1.67. The number of hydrogen-bond acceptors (Lipinski definition) is 2. The number of benzene rings is 1. The van der Waals surface area contributed by atoms with Gasteiger partial charge in [-0.2, -0.15) is 5.10 Å². The second-order valence-electron chi connectivity index (χ2n) is 6.56. The van der Waals surface area contributed by atoms with Gasteiger partial charge in [-0.3, -0.25) is 0 Å².